The van der Waals surface area contributed by atoms with Gasteiger partial charge in [-0.3, -0.25) is 9.59 Å². The summed E-state index contributed by atoms with van der Waals surface area (Å²) in [5.41, 5.74) is 0.777. The van der Waals surface area contributed by atoms with E-state index in [1.807, 2.05) is 24.3 Å². The van der Waals surface area contributed by atoms with E-state index >= 15 is 0 Å². The number of thioether (sulfide) groups is 1. The number of nitrogens with zero attached hydrogens (tertiary/aromatic N) is 4. The van der Waals surface area contributed by atoms with Gasteiger partial charge >= 0.3 is 0 Å². The molecule has 1 aromatic carbocycles. The maximum atomic E-state index is 12.5. The molecule has 30 heavy (non-hydrogen) atoms. The first kappa shape index (κ1) is 20.0. The van der Waals surface area contributed by atoms with Crippen molar-refractivity contribution in [2.75, 3.05) is 39.0 Å². The monoisotopic (exact) mass is 428 g/mol. The number of carbonyl (C=O) groups excluding carboxylic acids is 2. The van der Waals surface area contributed by atoms with Crippen LogP contribution in [0.3, 0.4) is 0 Å². The Balaban J connectivity index is 1.26. The van der Waals surface area contributed by atoms with E-state index < -0.39 is 0 Å². The number of hydrogen-bond donors (Lipinski definition) is 0. The first-order valence-corrected chi connectivity index (χ1v) is 10.3. The molecule has 1 aliphatic heterocycles. The lowest BCUT2D eigenvalue weighted by molar-refractivity contribution is -0.129. The van der Waals surface area contributed by atoms with Crippen LogP contribution < -0.4 is 4.74 Å². The minimum absolute atomic E-state index is 0.0331. The number of ether oxygens (including phenoxy) is 1. The van der Waals surface area contributed by atoms with E-state index in [4.69, 9.17) is 13.6 Å². The Morgan fingerprint density at radius 3 is 2.47 bits per heavy atom. The van der Waals surface area contributed by atoms with Gasteiger partial charge in [-0.2, -0.15) is 0 Å². The van der Waals surface area contributed by atoms with Crippen LogP contribution in [-0.2, 0) is 4.79 Å². The summed E-state index contributed by atoms with van der Waals surface area (Å²) in [5, 5.41) is 8.36. The van der Waals surface area contributed by atoms with Gasteiger partial charge in [-0.05, 0) is 36.4 Å². The number of piperazine rings is 1. The molecule has 3 heterocycles. The van der Waals surface area contributed by atoms with Gasteiger partial charge in [0.25, 0.3) is 11.1 Å². The number of aromatic nitrogens is 2. The molecular weight excluding hydrogens is 408 g/mol. The van der Waals surface area contributed by atoms with E-state index in [2.05, 4.69) is 10.2 Å². The van der Waals surface area contributed by atoms with Gasteiger partial charge in [-0.25, -0.2) is 0 Å². The molecule has 1 fully saturated rings. The minimum atomic E-state index is -0.154. The molecule has 10 heteroatoms. The SMILES string of the molecule is COc1ccc(-c2nnc(SCC(=O)N3CCN(C(=O)c4ccco4)CC3)o2)cc1. The largest absolute Gasteiger partial charge is 0.497 e. The lowest BCUT2D eigenvalue weighted by atomic mass is 10.2. The van der Waals surface area contributed by atoms with Crippen molar-refractivity contribution in [2.24, 2.45) is 0 Å². The highest BCUT2D eigenvalue weighted by atomic mass is 32.2. The van der Waals surface area contributed by atoms with E-state index in [0.29, 0.717) is 43.1 Å². The predicted octanol–water partition coefficient (Wildman–Crippen LogP) is 2.41. The molecule has 1 saturated heterocycles. The van der Waals surface area contributed by atoms with Crippen LogP contribution in [0.15, 0.2) is 56.7 Å². The summed E-state index contributed by atoms with van der Waals surface area (Å²) in [7, 11) is 1.60. The molecule has 0 N–H and O–H groups in total. The summed E-state index contributed by atoms with van der Waals surface area (Å²) in [4.78, 5) is 28.2. The zero-order chi connectivity index (χ0) is 20.9. The first-order chi connectivity index (χ1) is 14.6. The number of carbonyl (C=O) groups is 2. The van der Waals surface area contributed by atoms with Crippen LogP contribution in [0.5, 0.6) is 5.75 Å². The molecule has 3 aromatic rings. The first-order valence-electron chi connectivity index (χ1n) is 9.35. The third-order valence-electron chi connectivity index (χ3n) is 4.71. The second-order valence-corrected chi connectivity index (χ2v) is 7.47. The Kier molecular flexibility index (Phi) is 6.03. The Hall–Kier alpha value is -3.27. The molecule has 9 nitrogen and oxygen atoms in total. The third kappa shape index (κ3) is 4.48. The van der Waals surface area contributed by atoms with Crippen molar-refractivity contribution in [2.45, 2.75) is 5.22 Å². The molecule has 0 atom stereocenters. The van der Waals surface area contributed by atoms with Crippen molar-refractivity contribution < 1.29 is 23.2 Å². The summed E-state index contributed by atoms with van der Waals surface area (Å²) in [5.74, 6) is 1.44. The van der Waals surface area contributed by atoms with Gasteiger partial charge in [-0.1, -0.05) is 11.8 Å². The molecule has 0 unspecified atom stereocenters. The van der Waals surface area contributed by atoms with Crippen molar-refractivity contribution in [3.05, 3.63) is 48.4 Å². The highest BCUT2D eigenvalue weighted by molar-refractivity contribution is 7.99. The van der Waals surface area contributed by atoms with Crippen molar-refractivity contribution >= 4 is 23.6 Å². The zero-order valence-corrected chi connectivity index (χ0v) is 17.1. The smallest absolute Gasteiger partial charge is 0.289 e. The maximum absolute atomic E-state index is 12.5. The van der Waals surface area contributed by atoms with E-state index in [9.17, 15) is 9.59 Å². The molecular formula is C20H20N4O5S. The Labute approximate surface area is 177 Å². The summed E-state index contributed by atoms with van der Waals surface area (Å²) in [6.07, 6.45) is 1.47. The number of hydrogen-bond acceptors (Lipinski definition) is 8. The van der Waals surface area contributed by atoms with E-state index in [1.54, 1.807) is 29.0 Å². The van der Waals surface area contributed by atoms with Crippen molar-refractivity contribution in [3.8, 4) is 17.2 Å². The van der Waals surface area contributed by atoms with E-state index in [1.165, 1.54) is 18.0 Å². The fourth-order valence-corrected chi connectivity index (χ4v) is 3.71. The van der Waals surface area contributed by atoms with Crippen LogP contribution in [0.1, 0.15) is 10.6 Å². The molecule has 156 valence electrons. The number of methoxy groups -OCH3 is 1. The van der Waals surface area contributed by atoms with Gasteiger partial charge in [0.2, 0.25) is 11.8 Å². The Morgan fingerprint density at radius 2 is 1.80 bits per heavy atom. The highest BCUT2D eigenvalue weighted by Crippen LogP contribution is 2.25. The van der Waals surface area contributed by atoms with Crippen LogP contribution in [0.4, 0.5) is 0 Å². The minimum Gasteiger partial charge on any atom is -0.497 e. The molecule has 2 aromatic heterocycles. The molecule has 0 bridgehead atoms. The fraction of sp³-hybridized carbons (Fsp3) is 0.300. The second-order valence-electron chi connectivity index (χ2n) is 6.54. The van der Waals surface area contributed by atoms with Crippen LogP contribution in [0, 0.1) is 0 Å². The highest BCUT2D eigenvalue weighted by Gasteiger charge is 2.26. The lowest BCUT2D eigenvalue weighted by Gasteiger charge is -2.34. The topological polar surface area (TPSA) is 102 Å². The number of furan rings is 1. The third-order valence-corrected chi connectivity index (χ3v) is 5.52. The average molecular weight is 428 g/mol. The number of benzene rings is 1. The predicted molar refractivity (Wildman–Crippen MR) is 108 cm³/mol. The van der Waals surface area contributed by atoms with Gasteiger partial charge in [-0.15, -0.1) is 10.2 Å². The number of amides is 2. The number of rotatable bonds is 6. The van der Waals surface area contributed by atoms with Gasteiger partial charge < -0.3 is 23.4 Å². The van der Waals surface area contributed by atoms with Crippen molar-refractivity contribution in [1.29, 1.82) is 0 Å². The summed E-state index contributed by atoms with van der Waals surface area (Å²) in [6.45, 7) is 1.90. The summed E-state index contributed by atoms with van der Waals surface area (Å²) < 4.78 is 15.9. The van der Waals surface area contributed by atoms with Crippen molar-refractivity contribution in [3.63, 3.8) is 0 Å². The van der Waals surface area contributed by atoms with Gasteiger partial charge in [0, 0.05) is 31.7 Å². The molecule has 0 radical (unpaired) electrons. The van der Waals surface area contributed by atoms with Gasteiger partial charge in [0.15, 0.2) is 5.76 Å². The molecule has 4 rings (SSSR count). The van der Waals surface area contributed by atoms with Crippen LogP contribution in [-0.4, -0.2) is 70.9 Å². The van der Waals surface area contributed by atoms with E-state index in [-0.39, 0.29) is 17.6 Å². The Morgan fingerprint density at radius 1 is 1.07 bits per heavy atom. The molecule has 0 aliphatic carbocycles. The van der Waals surface area contributed by atoms with Crippen LogP contribution in [0.25, 0.3) is 11.5 Å². The molecule has 1 aliphatic rings. The normalized spacial score (nSPS) is 14.0. The molecule has 0 spiro atoms. The zero-order valence-electron chi connectivity index (χ0n) is 16.3. The van der Waals surface area contributed by atoms with E-state index in [0.717, 1.165) is 11.3 Å². The quantitative estimate of drug-likeness (QED) is 0.552. The van der Waals surface area contributed by atoms with Crippen LogP contribution >= 0.6 is 11.8 Å². The summed E-state index contributed by atoms with van der Waals surface area (Å²) >= 11 is 1.20. The summed E-state index contributed by atoms with van der Waals surface area (Å²) in [6, 6.07) is 10.6. The van der Waals surface area contributed by atoms with Crippen molar-refractivity contribution in [1.82, 2.24) is 20.0 Å². The van der Waals surface area contributed by atoms with Crippen LogP contribution in [0.2, 0.25) is 0 Å². The second kappa shape index (κ2) is 9.04. The average Bonchev–Trinajstić information content (AvgIpc) is 3.50. The Bertz CT molecular complexity index is 995. The standard InChI is InChI=1S/C20H20N4O5S/c1-27-15-6-4-14(5-7-15)18-21-22-20(29-18)30-13-17(25)23-8-10-24(11-9-23)19(26)16-3-2-12-28-16/h2-7,12H,8-11,13H2,1H3. The fourth-order valence-electron chi connectivity index (χ4n) is 3.05. The maximum Gasteiger partial charge on any atom is 0.289 e. The van der Waals surface area contributed by atoms with Gasteiger partial charge in [0.1, 0.15) is 5.75 Å². The molecule has 2 amide bonds. The van der Waals surface area contributed by atoms with Gasteiger partial charge in [0.05, 0.1) is 19.1 Å². The molecule has 0 saturated carbocycles. The lowest BCUT2D eigenvalue weighted by Crippen LogP contribution is -2.51.